The number of nitro benzene ring substituents is 1. The molecule has 16 heavy (non-hydrogen) atoms. The fraction of sp³-hybridized carbons (Fsp3) is 0.364. The summed E-state index contributed by atoms with van der Waals surface area (Å²) >= 11 is 5.91. The molecule has 0 aromatic heterocycles. The van der Waals surface area contributed by atoms with Gasteiger partial charge in [-0.2, -0.15) is 0 Å². The van der Waals surface area contributed by atoms with Crippen molar-refractivity contribution in [3.05, 3.63) is 38.9 Å². The van der Waals surface area contributed by atoms with E-state index in [4.69, 9.17) is 11.6 Å². The molecule has 0 spiro atoms. The van der Waals surface area contributed by atoms with Crippen LogP contribution in [0.2, 0.25) is 5.02 Å². The Morgan fingerprint density at radius 2 is 2.19 bits per heavy atom. The molecule has 1 rings (SSSR count). The van der Waals surface area contributed by atoms with Crippen LogP contribution in [0.5, 0.6) is 0 Å². The Bertz CT molecular complexity index is 431. The number of Topliss-reactive ketones (excluding diaryl/α,β-unsaturated/α-hetero) is 1. The predicted octanol–water partition coefficient (Wildman–Crippen LogP) is 3.02. The molecule has 1 atom stereocenters. The Labute approximate surface area is 98.4 Å². The lowest BCUT2D eigenvalue weighted by Crippen LogP contribution is -2.09. The van der Waals surface area contributed by atoms with Crippen molar-refractivity contribution in [2.24, 2.45) is 5.92 Å². The SMILES string of the molecule is CC(=O)C(C)Cc1ccc([N+](=O)[O-])cc1Cl. The molecule has 4 nitrogen and oxygen atoms in total. The second kappa shape index (κ2) is 5.07. The third-order valence-electron chi connectivity index (χ3n) is 2.47. The van der Waals surface area contributed by atoms with E-state index < -0.39 is 4.92 Å². The molecule has 1 aromatic rings. The zero-order valence-corrected chi connectivity index (χ0v) is 9.82. The number of hydrogen-bond acceptors (Lipinski definition) is 3. The summed E-state index contributed by atoms with van der Waals surface area (Å²) in [5.74, 6) is -0.0478. The van der Waals surface area contributed by atoms with Gasteiger partial charge in [-0.25, -0.2) is 0 Å². The van der Waals surface area contributed by atoms with Crippen LogP contribution in [0.1, 0.15) is 19.4 Å². The van der Waals surface area contributed by atoms with Gasteiger partial charge >= 0.3 is 0 Å². The smallest absolute Gasteiger partial charge is 0.270 e. The van der Waals surface area contributed by atoms with E-state index in [1.54, 1.807) is 13.0 Å². The van der Waals surface area contributed by atoms with E-state index in [2.05, 4.69) is 0 Å². The number of carbonyl (C=O) groups is 1. The average molecular weight is 242 g/mol. The molecule has 0 heterocycles. The number of ketones is 1. The first-order valence-corrected chi connectivity index (χ1v) is 5.23. The number of hydrogen-bond donors (Lipinski definition) is 0. The molecule has 5 heteroatoms. The quantitative estimate of drug-likeness (QED) is 0.601. The van der Waals surface area contributed by atoms with Gasteiger partial charge in [-0.15, -0.1) is 0 Å². The van der Waals surface area contributed by atoms with Crippen LogP contribution in [-0.4, -0.2) is 10.7 Å². The summed E-state index contributed by atoms with van der Waals surface area (Å²) in [6, 6.07) is 4.30. The summed E-state index contributed by atoms with van der Waals surface area (Å²) in [5.41, 5.74) is 0.721. The first kappa shape index (κ1) is 12.6. The minimum absolute atomic E-state index is 0.0378. The zero-order chi connectivity index (χ0) is 12.3. The van der Waals surface area contributed by atoms with Crippen molar-refractivity contribution in [3.63, 3.8) is 0 Å². The molecule has 0 fully saturated rings. The fourth-order valence-electron chi connectivity index (χ4n) is 1.29. The molecule has 0 saturated carbocycles. The minimum atomic E-state index is -0.496. The number of carbonyl (C=O) groups excluding carboxylic acids is 1. The Morgan fingerprint density at radius 1 is 1.56 bits per heavy atom. The number of nitro groups is 1. The number of nitrogens with zero attached hydrogens (tertiary/aromatic N) is 1. The standard InChI is InChI=1S/C11H12ClNO3/c1-7(8(2)14)5-9-3-4-10(13(15)16)6-11(9)12/h3-4,6-7H,5H2,1-2H3. The van der Waals surface area contributed by atoms with Gasteiger partial charge in [-0.3, -0.25) is 14.9 Å². The van der Waals surface area contributed by atoms with Crippen LogP contribution in [-0.2, 0) is 11.2 Å². The molecular formula is C11H12ClNO3. The van der Waals surface area contributed by atoms with Crippen molar-refractivity contribution in [2.75, 3.05) is 0 Å². The largest absolute Gasteiger partial charge is 0.300 e. The number of benzene rings is 1. The molecule has 0 saturated heterocycles. The molecular weight excluding hydrogens is 230 g/mol. The van der Waals surface area contributed by atoms with E-state index in [0.717, 1.165) is 5.56 Å². The van der Waals surface area contributed by atoms with Gasteiger partial charge in [0.15, 0.2) is 0 Å². The monoisotopic (exact) mass is 241 g/mol. The molecule has 1 unspecified atom stereocenters. The summed E-state index contributed by atoms with van der Waals surface area (Å²) in [7, 11) is 0. The highest BCUT2D eigenvalue weighted by Crippen LogP contribution is 2.24. The van der Waals surface area contributed by atoms with Gasteiger partial charge in [0, 0.05) is 18.1 Å². The van der Waals surface area contributed by atoms with Crippen LogP contribution in [0.4, 0.5) is 5.69 Å². The topological polar surface area (TPSA) is 60.2 Å². The molecule has 0 aliphatic carbocycles. The van der Waals surface area contributed by atoms with Crippen molar-refractivity contribution in [1.29, 1.82) is 0 Å². The predicted molar refractivity (Wildman–Crippen MR) is 61.7 cm³/mol. The van der Waals surface area contributed by atoms with Crippen LogP contribution in [0.3, 0.4) is 0 Å². The summed E-state index contributed by atoms with van der Waals surface area (Å²) in [6.45, 7) is 3.32. The first-order chi connectivity index (χ1) is 7.41. The average Bonchev–Trinajstić information content (AvgIpc) is 2.20. The zero-order valence-electron chi connectivity index (χ0n) is 9.07. The maximum Gasteiger partial charge on any atom is 0.270 e. The van der Waals surface area contributed by atoms with Crippen molar-refractivity contribution in [2.45, 2.75) is 20.3 Å². The number of non-ortho nitro benzene ring substituents is 1. The van der Waals surface area contributed by atoms with Gasteiger partial charge < -0.3 is 0 Å². The summed E-state index contributed by atoms with van der Waals surface area (Å²) in [4.78, 5) is 21.1. The highest BCUT2D eigenvalue weighted by molar-refractivity contribution is 6.31. The van der Waals surface area contributed by atoms with Crippen LogP contribution in [0.25, 0.3) is 0 Å². The third kappa shape index (κ3) is 3.03. The van der Waals surface area contributed by atoms with E-state index >= 15 is 0 Å². The lowest BCUT2D eigenvalue weighted by molar-refractivity contribution is -0.384. The lowest BCUT2D eigenvalue weighted by atomic mass is 9.98. The second-order valence-corrected chi connectivity index (χ2v) is 4.16. The van der Waals surface area contributed by atoms with Gasteiger partial charge in [-0.05, 0) is 18.9 Å². The van der Waals surface area contributed by atoms with Gasteiger partial charge in [0.1, 0.15) is 5.78 Å². The van der Waals surface area contributed by atoms with Crippen molar-refractivity contribution >= 4 is 23.1 Å². The molecule has 0 N–H and O–H groups in total. The maximum absolute atomic E-state index is 11.1. The first-order valence-electron chi connectivity index (χ1n) is 4.85. The second-order valence-electron chi connectivity index (χ2n) is 3.75. The molecule has 86 valence electrons. The Balaban J connectivity index is 2.91. The van der Waals surface area contributed by atoms with Crippen LogP contribution < -0.4 is 0 Å². The summed E-state index contributed by atoms with van der Waals surface area (Å²) < 4.78 is 0. The van der Waals surface area contributed by atoms with Crippen molar-refractivity contribution in [1.82, 2.24) is 0 Å². The van der Waals surface area contributed by atoms with E-state index in [-0.39, 0.29) is 17.4 Å². The highest BCUT2D eigenvalue weighted by atomic mass is 35.5. The Hall–Kier alpha value is -1.42. The van der Waals surface area contributed by atoms with Crippen molar-refractivity contribution in [3.8, 4) is 0 Å². The number of rotatable bonds is 4. The van der Waals surface area contributed by atoms with E-state index in [1.807, 2.05) is 0 Å². The highest BCUT2D eigenvalue weighted by Gasteiger charge is 2.13. The fourth-order valence-corrected chi connectivity index (χ4v) is 1.54. The van der Waals surface area contributed by atoms with Crippen LogP contribution in [0, 0.1) is 16.0 Å². The van der Waals surface area contributed by atoms with E-state index in [9.17, 15) is 14.9 Å². The van der Waals surface area contributed by atoms with Gasteiger partial charge in [-0.1, -0.05) is 24.6 Å². The van der Waals surface area contributed by atoms with E-state index in [1.165, 1.54) is 19.1 Å². The van der Waals surface area contributed by atoms with Crippen molar-refractivity contribution < 1.29 is 9.72 Å². The van der Waals surface area contributed by atoms with Crippen LogP contribution in [0.15, 0.2) is 18.2 Å². The Morgan fingerprint density at radius 3 is 2.62 bits per heavy atom. The van der Waals surface area contributed by atoms with Gasteiger partial charge in [0.25, 0.3) is 5.69 Å². The summed E-state index contributed by atoms with van der Waals surface area (Å²) in [6.07, 6.45) is 0.506. The Kier molecular flexibility index (Phi) is 4.01. The number of halogens is 1. The van der Waals surface area contributed by atoms with Gasteiger partial charge in [0.05, 0.1) is 9.95 Å². The normalized spacial score (nSPS) is 12.2. The third-order valence-corrected chi connectivity index (χ3v) is 2.82. The molecule has 0 aliphatic rings. The van der Waals surface area contributed by atoms with Crippen LogP contribution >= 0.6 is 11.6 Å². The minimum Gasteiger partial charge on any atom is -0.300 e. The lowest BCUT2D eigenvalue weighted by Gasteiger charge is -2.08. The molecule has 0 aliphatic heterocycles. The van der Waals surface area contributed by atoms with Gasteiger partial charge in [0.2, 0.25) is 0 Å². The molecule has 0 amide bonds. The molecule has 1 aromatic carbocycles. The molecule has 0 bridgehead atoms. The maximum atomic E-state index is 11.1. The van der Waals surface area contributed by atoms with E-state index in [0.29, 0.717) is 11.4 Å². The molecule has 0 radical (unpaired) electrons. The summed E-state index contributed by atoms with van der Waals surface area (Å²) in [5, 5.41) is 10.8.